The Kier molecular flexibility index (Phi) is 6.40. The van der Waals surface area contributed by atoms with E-state index in [4.69, 9.17) is 28.4 Å². The lowest BCUT2D eigenvalue weighted by molar-refractivity contribution is 0.0727. The van der Waals surface area contributed by atoms with Gasteiger partial charge in [0.15, 0.2) is 17.3 Å². The molecule has 0 saturated carbocycles. The minimum Gasteiger partial charge on any atom is -0.496 e. The second-order valence-electron chi connectivity index (χ2n) is 7.14. The maximum Gasteiger partial charge on any atom is 0.351 e. The minimum absolute atomic E-state index is 0.136. The van der Waals surface area contributed by atoms with Crippen molar-refractivity contribution >= 4 is 17.8 Å². The number of Topliss-reactive ketones (excluding diaryl/α,β-unsaturated/α-hetero) is 1. The standard InChI is InChI=1S/C26H22O8/c1-29-18-11-8-15(12-22(18)32-4)13-23-25(27)17-10-9-16(14-21(17)34-23)33-26(28)24-19(30-2)6-5-7-20(24)31-3/h5-14H,1-4H3. The first kappa shape index (κ1) is 22.7. The number of ether oxygens (including phenoxy) is 6. The molecule has 1 aliphatic heterocycles. The number of hydrogen-bond acceptors (Lipinski definition) is 8. The van der Waals surface area contributed by atoms with Crippen LogP contribution in [0, 0.1) is 0 Å². The van der Waals surface area contributed by atoms with Gasteiger partial charge in [-0.05, 0) is 48.0 Å². The van der Waals surface area contributed by atoms with Crippen LogP contribution in [0.25, 0.3) is 6.08 Å². The summed E-state index contributed by atoms with van der Waals surface area (Å²) in [6.45, 7) is 0. The van der Waals surface area contributed by atoms with Crippen molar-refractivity contribution < 1.29 is 38.0 Å². The summed E-state index contributed by atoms with van der Waals surface area (Å²) in [7, 11) is 5.98. The van der Waals surface area contributed by atoms with Crippen LogP contribution < -0.4 is 28.4 Å². The number of benzene rings is 3. The van der Waals surface area contributed by atoms with Gasteiger partial charge >= 0.3 is 5.97 Å². The first-order valence-corrected chi connectivity index (χ1v) is 10.2. The van der Waals surface area contributed by atoms with Crippen LogP contribution >= 0.6 is 0 Å². The molecular formula is C26H22O8. The fourth-order valence-electron chi connectivity index (χ4n) is 3.54. The number of carbonyl (C=O) groups is 2. The first-order valence-electron chi connectivity index (χ1n) is 10.2. The Bertz CT molecular complexity index is 1270. The highest BCUT2D eigenvalue weighted by Gasteiger charge is 2.29. The number of carbonyl (C=O) groups excluding carboxylic acids is 2. The van der Waals surface area contributed by atoms with E-state index < -0.39 is 5.97 Å². The zero-order chi connectivity index (χ0) is 24.2. The molecule has 8 heteroatoms. The lowest BCUT2D eigenvalue weighted by Crippen LogP contribution is -2.12. The van der Waals surface area contributed by atoms with E-state index in [-0.39, 0.29) is 28.6 Å². The molecule has 0 radical (unpaired) electrons. The lowest BCUT2D eigenvalue weighted by Gasteiger charge is -2.12. The van der Waals surface area contributed by atoms with Crippen LogP contribution in [0.5, 0.6) is 34.5 Å². The SMILES string of the molecule is COc1ccc(C=C2Oc3cc(OC(=O)c4c(OC)cccc4OC)ccc3C2=O)cc1OC. The predicted octanol–water partition coefficient (Wildman–Crippen LogP) is 4.56. The van der Waals surface area contributed by atoms with E-state index in [2.05, 4.69) is 0 Å². The molecule has 34 heavy (non-hydrogen) atoms. The van der Waals surface area contributed by atoms with Crippen LogP contribution in [0.15, 0.2) is 60.4 Å². The summed E-state index contributed by atoms with van der Waals surface area (Å²) >= 11 is 0. The maximum atomic E-state index is 12.8. The van der Waals surface area contributed by atoms with Crippen molar-refractivity contribution in [2.24, 2.45) is 0 Å². The normalized spacial score (nSPS) is 13.2. The Hall–Kier alpha value is -4.46. The number of fused-ring (bicyclic) bond motifs is 1. The molecule has 0 fully saturated rings. The summed E-state index contributed by atoms with van der Waals surface area (Å²) in [5.41, 5.74) is 1.21. The smallest absolute Gasteiger partial charge is 0.351 e. The van der Waals surface area contributed by atoms with Gasteiger partial charge in [0, 0.05) is 6.07 Å². The van der Waals surface area contributed by atoms with Gasteiger partial charge < -0.3 is 28.4 Å². The van der Waals surface area contributed by atoms with Gasteiger partial charge in [0.25, 0.3) is 0 Å². The molecule has 0 spiro atoms. The molecule has 174 valence electrons. The minimum atomic E-state index is -0.667. The molecule has 1 aliphatic rings. The van der Waals surface area contributed by atoms with Gasteiger partial charge in [-0.1, -0.05) is 12.1 Å². The quantitative estimate of drug-likeness (QED) is 0.287. The Morgan fingerprint density at radius 1 is 0.794 bits per heavy atom. The molecule has 3 aromatic rings. The number of hydrogen-bond donors (Lipinski definition) is 0. The highest BCUT2D eigenvalue weighted by Crippen LogP contribution is 2.37. The van der Waals surface area contributed by atoms with Gasteiger partial charge in [-0.2, -0.15) is 0 Å². The topological polar surface area (TPSA) is 89.5 Å². The largest absolute Gasteiger partial charge is 0.496 e. The van der Waals surface area contributed by atoms with Gasteiger partial charge in [0.1, 0.15) is 28.6 Å². The zero-order valence-electron chi connectivity index (χ0n) is 19.0. The summed E-state index contributed by atoms with van der Waals surface area (Å²) < 4.78 is 32.4. The van der Waals surface area contributed by atoms with Crippen molar-refractivity contribution in [1.29, 1.82) is 0 Å². The van der Waals surface area contributed by atoms with Crippen molar-refractivity contribution in [3.63, 3.8) is 0 Å². The molecule has 4 rings (SSSR count). The van der Waals surface area contributed by atoms with Crippen molar-refractivity contribution in [3.05, 3.63) is 77.0 Å². The van der Waals surface area contributed by atoms with Gasteiger partial charge in [0.05, 0.1) is 34.0 Å². The molecule has 0 N–H and O–H groups in total. The third-order valence-corrected chi connectivity index (χ3v) is 5.19. The van der Waals surface area contributed by atoms with E-state index in [1.165, 1.54) is 33.5 Å². The highest BCUT2D eigenvalue weighted by molar-refractivity contribution is 6.14. The van der Waals surface area contributed by atoms with E-state index in [1.54, 1.807) is 55.7 Å². The Balaban J connectivity index is 1.58. The number of allylic oxidation sites excluding steroid dienone is 1. The van der Waals surface area contributed by atoms with Crippen LogP contribution in [-0.2, 0) is 0 Å². The Labute approximate surface area is 196 Å². The number of esters is 1. The van der Waals surface area contributed by atoms with Crippen molar-refractivity contribution in [2.45, 2.75) is 0 Å². The van der Waals surface area contributed by atoms with E-state index in [1.807, 2.05) is 0 Å². The molecule has 0 amide bonds. The molecular weight excluding hydrogens is 440 g/mol. The molecule has 0 unspecified atom stereocenters. The van der Waals surface area contributed by atoms with E-state index in [0.717, 1.165) is 0 Å². The molecule has 0 saturated heterocycles. The highest BCUT2D eigenvalue weighted by atomic mass is 16.5. The van der Waals surface area contributed by atoms with Gasteiger partial charge in [-0.15, -0.1) is 0 Å². The number of methoxy groups -OCH3 is 4. The van der Waals surface area contributed by atoms with Crippen LogP contribution in [-0.4, -0.2) is 40.2 Å². The fraction of sp³-hybridized carbons (Fsp3) is 0.154. The third kappa shape index (κ3) is 4.25. The first-order chi connectivity index (χ1) is 16.5. The molecule has 1 heterocycles. The summed E-state index contributed by atoms with van der Waals surface area (Å²) in [4.78, 5) is 25.6. The summed E-state index contributed by atoms with van der Waals surface area (Å²) in [5, 5.41) is 0. The summed E-state index contributed by atoms with van der Waals surface area (Å²) in [6, 6.07) is 14.8. The van der Waals surface area contributed by atoms with Crippen LogP contribution in [0.1, 0.15) is 26.3 Å². The number of ketones is 1. The maximum absolute atomic E-state index is 12.8. The van der Waals surface area contributed by atoms with Crippen LogP contribution in [0.2, 0.25) is 0 Å². The summed E-state index contributed by atoms with van der Waals surface area (Å²) in [6.07, 6.45) is 1.61. The zero-order valence-corrected chi connectivity index (χ0v) is 19.0. The Morgan fingerprint density at radius 3 is 2.12 bits per heavy atom. The fourth-order valence-corrected chi connectivity index (χ4v) is 3.54. The Morgan fingerprint density at radius 2 is 1.47 bits per heavy atom. The molecule has 3 aromatic carbocycles. The van der Waals surface area contributed by atoms with Gasteiger partial charge in [-0.25, -0.2) is 4.79 Å². The molecule has 0 aliphatic carbocycles. The lowest BCUT2D eigenvalue weighted by atomic mass is 10.1. The molecule has 8 nitrogen and oxygen atoms in total. The second-order valence-corrected chi connectivity index (χ2v) is 7.14. The summed E-state index contributed by atoms with van der Waals surface area (Å²) in [5.74, 6) is 1.41. The van der Waals surface area contributed by atoms with E-state index >= 15 is 0 Å². The van der Waals surface area contributed by atoms with Crippen molar-refractivity contribution in [2.75, 3.05) is 28.4 Å². The second kappa shape index (κ2) is 9.58. The van der Waals surface area contributed by atoms with E-state index in [0.29, 0.717) is 34.1 Å². The van der Waals surface area contributed by atoms with Crippen LogP contribution in [0.3, 0.4) is 0 Å². The van der Waals surface area contributed by atoms with Gasteiger partial charge in [-0.3, -0.25) is 4.79 Å². The molecule has 0 aromatic heterocycles. The molecule has 0 atom stereocenters. The van der Waals surface area contributed by atoms with E-state index in [9.17, 15) is 9.59 Å². The van der Waals surface area contributed by atoms with Crippen molar-refractivity contribution in [3.8, 4) is 34.5 Å². The predicted molar refractivity (Wildman–Crippen MR) is 123 cm³/mol. The average molecular weight is 462 g/mol. The average Bonchev–Trinajstić information content (AvgIpc) is 3.17. The monoisotopic (exact) mass is 462 g/mol. The molecule has 0 bridgehead atoms. The van der Waals surface area contributed by atoms with Crippen molar-refractivity contribution in [1.82, 2.24) is 0 Å². The van der Waals surface area contributed by atoms with Crippen LogP contribution in [0.4, 0.5) is 0 Å². The third-order valence-electron chi connectivity index (χ3n) is 5.19. The van der Waals surface area contributed by atoms with Gasteiger partial charge in [0.2, 0.25) is 5.78 Å². The number of rotatable bonds is 7.